The first kappa shape index (κ1) is 19.5. The Morgan fingerprint density at radius 2 is 2.04 bits per heavy atom. The molecule has 1 aliphatic heterocycles. The van der Waals surface area contributed by atoms with E-state index >= 15 is 0 Å². The molecular formula is C19H24N4O3S. The number of carbonyl (C=O) groups excluding carboxylic acids is 1. The number of hydrogen-bond donors (Lipinski definition) is 1. The highest BCUT2D eigenvalue weighted by Crippen LogP contribution is 2.14. The average Bonchev–Trinajstić information content (AvgIpc) is 3.09. The Kier molecular flexibility index (Phi) is 6.20. The second kappa shape index (κ2) is 8.60. The number of sulfonamides is 1. The summed E-state index contributed by atoms with van der Waals surface area (Å²) < 4.78 is 26.0. The number of hydrogen-bond acceptors (Lipinski definition) is 5. The van der Waals surface area contributed by atoms with Gasteiger partial charge in [0.05, 0.1) is 6.54 Å². The SMILES string of the molecule is CN(CC(=O)NC1CCN(Cc2ccccc2)C1)S(=O)(=O)c1cccnc1. The summed E-state index contributed by atoms with van der Waals surface area (Å²) >= 11 is 0. The summed E-state index contributed by atoms with van der Waals surface area (Å²) in [6.07, 6.45) is 3.65. The lowest BCUT2D eigenvalue weighted by molar-refractivity contribution is -0.121. The monoisotopic (exact) mass is 388 g/mol. The number of likely N-dealkylation sites (N-methyl/N-ethyl adjacent to an activating group) is 1. The molecule has 144 valence electrons. The van der Waals surface area contributed by atoms with Crippen molar-refractivity contribution in [3.8, 4) is 0 Å². The number of amides is 1. The topological polar surface area (TPSA) is 82.6 Å². The third kappa shape index (κ3) is 5.12. The molecule has 1 aliphatic rings. The highest BCUT2D eigenvalue weighted by atomic mass is 32.2. The summed E-state index contributed by atoms with van der Waals surface area (Å²) in [7, 11) is -2.32. The first-order valence-electron chi connectivity index (χ1n) is 8.87. The molecular weight excluding hydrogens is 364 g/mol. The van der Waals surface area contributed by atoms with Crippen molar-refractivity contribution in [1.82, 2.24) is 19.5 Å². The minimum absolute atomic E-state index is 0.0377. The lowest BCUT2D eigenvalue weighted by Gasteiger charge is -2.19. The lowest BCUT2D eigenvalue weighted by Crippen LogP contribution is -2.43. The van der Waals surface area contributed by atoms with Crippen molar-refractivity contribution in [2.24, 2.45) is 0 Å². The van der Waals surface area contributed by atoms with Crippen LogP contribution in [0.25, 0.3) is 0 Å². The molecule has 2 heterocycles. The molecule has 1 N–H and O–H groups in total. The van der Waals surface area contributed by atoms with Gasteiger partial charge in [0.2, 0.25) is 15.9 Å². The maximum absolute atomic E-state index is 12.5. The standard InChI is InChI=1S/C19H24N4O3S/c1-22(27(25,26)18-8-5-10-20-12-18)15-19(24)21-17-9-11-23(14-17)13-16-6-3-2-4-7-16/h2-8,10,12,17H,9,11,13-15H2,1H3,(H,21,24). The van der Waals surface area contributed by atoms with Crippen molar-refractivity contribution in [2.45, 2.75) is 23.9 Å². The minimum atomic E-state index is -3.72. The van der Waals surface area contributed by atoms with Crippen LogP contribution in [-0.4, -0.2) is 61.2 Å². The summed E-state index contributed by atoms with van der Waals surface area (Å²) in [5, 5.41) is 2.95. The third-order valence-electron chi connectivity index (χ3n) is 4.60. The first-order chi connectivity index (χ1) is 12.9. The largest absolute Gasteiger partial charge is 0.351 e. The molecule has 0 radical (unpaired) electrons. The zero-order chi connectivity index (χ0) is 19.3. The van der Waals surface area contributed by atoms with Gasteiger partial charge in [-0.1, -0.05) is 30.3 Å². The fourth-order valence-corrected chi connectivity index (χ4v) is 4.27. The molecule has 1 amide bonds. The summed E-state index contributed by atoms with van der Waals surface area (Å²) in [4.78, 5) is 18.5. The van der Waals surface area contributed by atoms with Gasteiger partial charge in [-0.05, 0) is 24.1 Å². The van der Waals surface area contributed by atoms with Crippen molar-refractivity contribution in [1.29, 1.82) is 0 Å². The van der Waals surface area contributed by atoms with Crippen LogP contribution in [0.15, 0.2) is 59.8 Å². The van der Waals surface area contributed by atoms with Crippen LogP contribution in [0.1, 0.15) is 12.0 Å². The third-order valence-corrected chi connectivity index (χ3v) is 6.38. The van der Waals surface area contributed by atoms with E-state index < -0.39 is 10.0 Å². The number of nitrogens with one attached hydrogen (secondary N) is 1. The number of carbonyl (C=O) groups is 1. The Bertz CT molecular complexity index is 859. The van der Waals surface area contributed by atoms with Crippen LogP contribution >= 0.6 is 0 Å². The number of nitrogens with zero attached hydrogens (tertiary/aromatic N) is 3. The van der Waals surface area contributed by atoms with Gasteiger partial charge in [-0.3, -0.25) is 14.7 Å². The van der Waals surface area contributed by atoms with E-state index in [0.717, 1.165) is 30.4 Å². The van der Waals surface area contributed by atoms with Gasteiger partial charge in [0.15, 0.2) is 0 Å². The van der Waals surface area contributed by atoms with Gasteiger partial charge < -0.3 is 5.32 Å². The smallest absolute Gasteiger partial charge is 0.244 e. The number of rotatable bonds is 7. The Morgan fingerprint density at radius 1 is 1.26 bits per heavy atom. The predicted molar refractivity (Wildman–Crippen MR) is 102 cm³/mol. The average molecular weight is 388 g/mol. The van der Waals surface area contributed by atoms with E-state index in [1.54, 1.807) is 6.07 Å². The molecule has 1 fully saturated rings. The van der Waals surface area contributed by atoms with Gasteiger partial charge in [0, 0.05) is 45.1 Å². The van der Waals surface area contributed by atoms with Gasteiger partial charge in [-0.25, -0.2) is 8.42 Å². The molecule has 7 nitrogen and oxygen atoms in total. The van der Waals surface area contributed by atoms with Gasteiger partial charge in [-0.15, -0.1) is 0 Å². The molecule has 1 unspecified atom stereocenters. The fourth-order valence-electron chi connectivity index (χ4n) is 3.18. The van der Waals surface area contributed by atoms with E-state index in [2.05, 4.69) is 27.3 Å². The summed E-state index contributed by atoms with van der Waals surface area (Å²) in [5.41, 5.74) is 1.24. The van der Waals surface area contributed by atoms with Gasteiger partial charge >= 0.3 is 0 Å². The molecule has 3 rings (SSSR count). The Labute approximate surface area is 160 Å². The molecule has 0 bridgehead atoms. The second-order valence-corrected chi connectivity index (χ2v) is 8.77. The van der Waals surface area contributed by atoms with Gasteiger partial charge in [-0.2, -0.15) is 4.31 Å². The van der Waals surface area contributed by atoms with Crippen molar-refractivity contribution in [3.63, 3.8) is 0 Å². The van der Waals surface area contributed by atoms with E-state index in [1.807, 2.05) is 18.2 Å². The van der Waals surface area contributed by atoms with Crippen LogP contribution in [0.3, 0.4) is 0 Å². The van der Waals surface area contributed by atoms with E-state index in [1.165, 1.54) is 31.1 Å². The van der Waals surface area contributed by atoms with E-state index in [4.69, 9.17) is 0 Å². The fraction of sp³-hybridized carbons (Fsp3) is 0.368. The molecule has 2 aromatic rings. The van der Waals surface area contributed by atoms with Crippen molar-refractivity contribution >= 4 is 15.9 Å². The highest BCUT2D eigenvalue weighted by Gasteiger charge is 2.27. The van der Waals surface area contributed by atoms with Crippen LogP contribution in [0, 0.1) is 0 Å². The first-order valence-corrected chi connectivity index (χ1v) is 10.3. The van der Waals surface area contributed by atoms with Crippen molar-refractivity contribution in [2.75, 3.05) is 26.7 Å². The molecule has 1 aromatic carbocycles. The lowest BCUT2D eigenvalue weighted by atomic mass is 10.2. The normalized spacial score (nSPS) is 17.9. The summed E-state index contributed by atoms with van der Waals surface area (Å²) in [6, 6.07) is 13.3. The molecule has 27 heavy (non-hydrogen) atoms. The summed E-state index contributed by atoms with van der Waals surface area (Å²) in [5.74, 6) is -0.295. The maximum atomic E-state index is 12.5. The van der Waals surface area contributed by atoms with Crippen molar-refractivity contribution in [3.05, 3.63) is 60.4 Å². The number of benzene rings is 1. The summed E-state index contributed by atoms with van der Waals surface area (Å²) in [6.45, 7) is 2.30. The van der Waals surface area contributed by atoms with Gasteiger partial charge in [0.1, 0.15) is 4.90 Å². The number of aromatic nitrogens is 1. The van der Waals surface area contributed by atoms with Crippen LogP contribution < -0.4 is 5.32 Å². The number of likely N-dealkylation sites (tertiary alicyclic amines) is 1. The molecule has 1 saturated heterocycles. The molecule has 8 heteroatoms. The molecule has 1 aromatic heterocycles. The molecule has 1 atom stereocenters. The van der Waals surface area contributed by atoms with Crippen LogP contribution in [0.2, 0.25) is 0 Å². The maximum Gasteiger partial charge on any atom is 0.244 e. The Hall–Kier alpha value is -2.29. The zero-order valence-corrected chi connectivity index (χ0v) is 16.1. The molecule has 0 aliphatic carbocycles. The minimum Gasteiger partial charge on any atom is -0.351 e. The van der Waals surface area contributed by atoms with Gasteiger partial charge in [0.25, 0.3) is 0 Å². The van der Waals surface area contributed by atoms with Crippen LogP contribution in [0.4, 0.5) is 0 Å². The zero-order valence-electron chi connectivity index (χ0n) is 15.3. The van der Waals surface area contributed by atoms with E-state index in [9.17, 15) is 13.2 Å². The van der Waals surface area contributed by atoms with Crippen LogP contribution in [-0.2, 0) is 21.4 Å². The number of pyridine rings is 1. The van der Waals surface area contributed by atoms with E-state index in [0.29, 0.717) is 0 Å². The quantitative estimate of drug-likeness (QED) is 0.768. The van der Waals surface area contributed by atoms with Crippen LogP contribution in [0.5, 0.6) is 0 Å². The molecule has 0 spiro atoms. The highest BCUT2D eigenvalue weighted by molar-refractivity contribution is 7.89. The Morgan fingerprint density at radius 3 is 2.74 bits per heavy atom. The molecule has 0 saturated carbocycles. The van der Waals surface area contributed by atoms with E-state index in [-0.39, 0.29) is 23.4 Å². The predicted octanol–water partition coefficient (Wildman–Crippen LogP) is 1.09. The Balaban J connectivity index is 1.49. The second-order valence-electron chi connectivity index (χ2n) is 6.72. The van der Waals surface area contributed by atoms with Crippen molar-refractivity contribution < 1.29 is 13.2 Å².